The molecule has 0 aliphatic heterocycles. The predicted molar refractivity (Wildman–Crippen MR) is 55.9 cm³/mol. The maximum Gasteiger partial charge on any atom is 0.271 e. The molecular formula is C9H9N5O2. The lowest BCUT2D eigenvalue weighted by molar-refractivity contribution is -0.384. The van der Waals surface area contributed by atoms with Crippen molar-refractivity contribution in [1.29, 1.82) is 0 Å². The second-order valence-electron chi connectivity index (χ2n) is 3.11. The molecule has 82 valence electrons. The Kier molecular flexibility index (Phi) is 2.61. The number of hydrogen-bond acceptors (Lipinski definition) is 5. The van der Waals surface area contributed by atoms with Gasteiger partial charge in [0.2, 0.25) is 0 Å². The van der Waals surface area contributed by atoms with Crippen LogP contribution in [0.15, 0.2) is 30.5 Å². The Hall–Kier alpha value is -2.28. The maximum absolute atomic E-state index is 10.6. The van der Waals surface area contributed by atoms with E-state index < -0.39 is 4.92 Å². The third kappa shape index (κ3) is 1.89. The third-order valence-corrected chi connectivity index (χ3v) is 2.02. The molecule has 7 heteroatoms. The average Bonchev–Trinajstić information content (AvgIpc) is 2.77. The van der Waals surface area contributed by atoms with Gasteiger partial charge in [-0.05, 0) is 6.07 Å². The van der Waals surface area contributed by atoms with E-state index >= 15 is 0 Å². The number of nitro groups is 1. The second kappa shape index (κ2) is 4.07. The highest BCUT2D eigenvalue weighted by Crippen LogP contribution is 2.15. The maximum atomic E-state index is 10.6. The first kappa shape index (κ1) is 10.2. The summed E-state index contributed by atoms with van der Waals surface area (Å²) in [7, 11) is 0. The molecule has 0 fully saturated rings. The molecule has 16 heavy (non-hydrogen) atoms. The molecule has 0 amide bonds. The van der Waals surface area contributed by atoms with E-state index in [1.165, 1.54) is 23.1 Å². The lowest BCUT2D eigenvalue weighted by atomic mass is 10.3. The van der Waals surface area contributed by atoms with Crippen LogP contribution in [0.5, 0.6) is 0 Å². The predicted octanol–water partition coefficient (Wildman–Crippen LogP) is 0.634. The fraction of sp³-hybridized carbons (Fsp3) is 0.111. The molecule has 0 saturated heterocycles. The number of nitrogens with zero attached hydrogens (tertiary/aromatic N) is 4. The zero-order valence-corrected chi connectivity index (χ0v) is 8.28. The van der Waals surface area contributed by atoms with Gasteiger partial charge in [-0.3, -0.25) is 10.1 Å². The molecule has 2 rings (SSSR count). The van der Waals surface area contributed by atoms with Gasteiger partial charge in [-0.2, -0.15) is 15.0 Å². The fourth-order valence-electron chi connectivity index (χ4n) is 1.24. The minimum Gasteiger partial charge on any atom is -0.325 e. The minimum absolute atomic E-state index is 0.00379. The van der Waals surface area contributed by atoms with Crippen LogP contribution in [0.4, 0.5) is 5.69 Å². The number of hydrogen-bond donors (Lipinski definition) is 1. The Balaban J connectivity index is 2.40. The van der Waals surface area contributed by atoms with Crippen LogP contribution < -0.4 is 5.73 Å². The van der Waals surface area contributed by atoms with E-state index in [2.05, 4.69) is 10.2 Å². The molecule has 7 nitrogen and oxygen atoms in total. The highest BCUT2D eigenvalue weighted by Gasteiger charge is 2.08. The first-order valence-corrected chi connectivity index (χ1v) is 4.57. The highest BCUT2D eigenvalue weighted by molar-refractivity contribution is 5.41. The Morgan fingerprint density at radius 3 is 2.94 bits per heavy atom. The second-order valence-corrected chi connectivity index (χ2v) is 3.11. The van der Waals surface area contributed by atoms with E-state index in [1.54, 1.807) is 12.1 Å². The largest absolute Gasteiger partial charge is 0.325 e. The zero-order chi connectivity index (χ0) is 11.5. The number of non-ortho nitro benzene ring substituents is 1. The lowest BCUT2D eigenvalue weighted by Crippen LogP contribution is -2.02. The highest BCUT2D eigenvalue weighted by atomic mass is 16.6. The van der Waals surface area contributed by atoms with Gasteiger partial charge < -0.3 is 5.73 Å². The van der Waals surface area contributed by atoms with Crippen LogP contribution in [0.3, 0.4) is 0 Å². The normalized spacial score (nSPS) is 10.3. The van der Waals surface area contributed by atoms with Gasteiger partial charge in [0.15, 0.2) is 0 Å². The van der Waals surface area contributed by atoms with Gasteiger partial charge in [0.25, 0.3) is 5.69 Å². The SMILES string of the molecule is NCc1cnn(-c2cccc([N+](=O)[O-])c2)n1. The molecule has 1 aromatic carbocycles. The quantitative estimate of drug-likeness (QED) is 0.602. The van der Waals surface area contributed by atoms with Crippen molar-refractivity contribution >= 4 is 5.69 Å². The van der Waals surface area contributed by atoms with Gasteiger partial charge in [0, 0.05) is 18.7 Å². The van der Waals surface area contributed by atoms with E-state index in [4.69, 9.17) is 5.73 Å². The molecule has 0 unspecified atom stereocenters. The van der Waals surface area contributed by atoms with Crippen molar-refractivity contribution in [1.82, 2.24) is 15.0 Å². The zero-order valence-electron chi connectivity index (χ0n) is 8.28. The van der Waals surface area contributed by atoms with Gasteiger partial charge >= 0.3 is 0 Å². The van der Waals surface area contributed by atoms with Gasteiger partial charge in [-0.25, -0.2) is 0 Å². The van der Waals surface area contributed by atoms with Crippen LogP contribution >= 0.6 is 0 Å². The summed E-state index contributed by atoms with van der Waals surface area (Å²) in [5.41, 5.74) is 6.57. The van der Waals surface area contributed by atoms with Crippen LogP contribution in [0.25, 0.3) is 5.69 Å². The summed E-state index contributed by atoms with van der Waals surface area (Å²) in [6.45, 7) is 0.287. The molecule has 0 aliphatic carbocycles. The van der Waals surface area contributed by atoms with Crippen molar-refractivity contribution in [3.63, 3.8) is 0 Å². The fourth-order valence-corrected chi connectivity index (χ4v) is 1.24. The van der Waals surface area contributed by atoms with Crippen molar-refractivity contribution in [2.24, 2.45) is 5.73 Å². The van der Waals surface area contributed by atoms with Crippen LogP contribution in [-0.4, -0.2) is 19.9 Å². The monoisotopic (exact) mass is 219 g/mol. The van der Waals surface area contributed by atoms with Gasteiger partial charge in [-0.1, -0.05) is 6.07 Å². The van der Waals surface area contributed by atoms with E-state index in [0.29, 0.717) is 11.4 Å². The molecule has 0 saturated carbocycles. The molecule has 1 heterocycles. The van der Waals surface area contributed by atoms with Crippen molar-refractivity contribution in [2.45, 2.75) is 6.54 Å². The summed E-state index contributed by atoms with van der Waals surface area (Å²) in [5, 5.41) is 18.6. The van der Waals surface area contributed by atoms with E-state index in [-0.39, 0.29) is 12.2 Å². The van der Waals surface area contributed by atoms with Crippen LogP contribution in [-0.2, 0) is 6.54 Å². The number of aromatic nitrogens is 3. The summed E-state index contributed by atoms with van der Waals surface area (Å²) in [5.74, 6) is 0. The summed E-state index contributed by atoms with van der Waals surface area (Å²) in [6.07, 6.45) is 1.53. The summed E-state index contributed by atoms with van der Waals surface area (Å²) in [4.78, 5) is 11.4. The molecule has 1 aromatic heterocycles. The standard InChI is InChI=1S/C9H9N5O2/c10-5-7-6-11-13(12-7)8-2-1-3-9(4-8)14(15)16/h1-4,6H,5,10H2. The molecular weight excluding hydrogens is 210 g/mol. The van der Waals surface area contributed by atoms with Crippen molar-refractivity contribution in [3.05, 3.63) is 46.3 Å². The summed E-state index contributed by atoms with van der Waals surface area (Å²) < 4.78 is 0. The lowest BCUT2D eigenvalue weighted by Gasteiger charge is -1.98. The molecule has 2 N–H and O–H groups in total. The van der Waals surface area contributed by atoms with Crippen LogP contribution in [0.1, 0.15) is 5.69 Å². The third-order valence-electron chi connectivity index (χ3n) is 2.02. The van der Waals surface area contributed by atoms with Crippen molar-refractivity contribution in [3.8, 4) is 5.69 Å². The number of benzene rings is 1. The van der Waals surface area contributed by atoms with Gasteiger partial charge in [0.05, 0.1) is 22.5 Å². The Morgan fingerprint density at radius 1 is 1.50 bits per heavy atom. The first-order valence-electron chi connectivity index (χ1n) is 4.57. The van der Waals surface area contributed by atoms with Gasteiger partial charge in [-0.15, -0.1) is 0 Å². The number of nitrogens with two attached hydrogens (primary N) is 1. The van der Waals surface area contributed by atoms with Crippen LogP contribution in [0, 0.1) is 10.1 Å². The average molecular weight is 219 g/mol. The molecule has 0 atom stereocenters. The number of nitro benzene ring substituents is 1. The Bertz CT molecular complexity index is 522. The Labute approximate surface area is 90.6 Å². The molecule has 0 spiro atoms. The van der Waals surface area contributed by atoms with E-state index in [0.717, 1.165) is 0 Å². The molecule has 0 radical (unpaired) electrons. The van der Waals surface area contributed by atoms with Crippen molar-refractivity contribution < 1.29 is 4.92 Å². The topological polar surface area (TPSA) is 99.9 Å². The minimum atomic E-state index is -0.461. The molecule has 2 aromatic rings. The smallest absolute Gasteiger partial charge is 0.271 e. The summed E-state index contributed by atoms with van der Waals surface area (Å²) >= 11 is 0. The molecule has 0 bridgehead atoms. The van der Waals surface area contributed by atoms with Crippen LogP contribution in [0.2, 0.25) is 0 Å². The van der Waals surface area contributed by atoms with E-state index in [9.17, 15) is 10.1 Å². The van der Waals surface area contributed by atoms with E-state index in [1.807, 2.05) is 0 Å². The summed E-state index contributed by atoms with van der Waals surface area (Å²) in [6, 6.07) is 6.09. The molecule has 0 aliphatic rings. The first-order chi connectivity index (χ1) is 7.70. The number of rotatable bonds is 3. The Morgan fingerprint density at radius 2 is 2.31 bits per heavy atom. The van der Waals surface area contributed by atoms with Crippen molar-refractivity contribution in [2.75, 3.05) is 0 Å². The van der Waals surface area contributed by atoms with Gasteiger partial charge in [0.1, 0.15) is 0 Å².